The van der Waals surface area contributed by atoms with Crippen LogP contribution in [0, 0.1) is 0 Å². The molecule has 0 spiro atoms. The van der Waals surface area contributed by atoms with Crippen molar-refractivity contribution in [3.05, 3.63) is 48.6 Å². The number of nitrogens with one attached hydrogen (secondary N) is 1. The van der Waals surface area contributed by atoms with Crippen molar-refractivity contribution in [1.29, 1.82) is 0 Å². The molecule has 21 heavy (non-hydrogen) atoms. The number of pyridine rings is 1. The molecule has 3 aromatic rings. The Morgan fingerprint density at radius 1 is 1.10 bits per heavy atom. The van der Waals surface area contributed by atoms with Gasteiger partial charge in [-0.15, -0.1) is 0 Å². The fraction of sp³-hybridized carbons (Fsp3) is 0.188. The normalized spacial score (nSPS) is 13.3. The summed E-state index contributed by atoms with van der Waals surface area (Å²) in [5.74, 6) is 3.23. The van der Waals surface area contributed by atoms with Crippen molar-refractivity contribution in [1.82, 2.24) is 4.98 Å². The molecule has 2 aromatic heterocycles. The predicted molar refractivity (Wildman–Crippen MR) is 78.8 cm³/mol. The van der Waals surface area contributed by atoms with E-state index in [-0.39, 0.29) is 0 Å². The zero-order valence-corrected chi connectivity index (χ0v) is 11.3. The Labute approximate surface area is 121 Å². The maximum Gasteiger partial charge on any atom is 0.162 e. The highest BCUT2D eigenvalue weighted by Gasteiger charge is 2.14. The van der Waals surface area contributed by atoms with Gasteiger partial charge in [-0.25, -0.2) is 4.98 Å². The molecule has 106 valence electrons. The number of furan rings is 1. The Morgan fingerprint density at radius 2 is 1.95 bits per heavy atom. The molecule has 1 aromatic carbocycles. The van der Waals surface area contributed by atoms with Gasteiger partial charge >= 0.3 is 0 Å². The summed E-state index contributed by atoms with van der Waals surface area (Å²) in [6.45, 7) is 1.76. The summed E-state index contributed by atoms with van der Waals surface area (Å²) in [5, 5.41) is 5.37. The van der Waals surface area contributed by atoms with Crippen LogP contribution in [0.4, 0.5) is 5.82 Å². The Bertz CT molecular complexity index is 769. The average Bonchev–Trinajstić information content (AvgIpc) is 3.04. The van der Waals surface area contributed by atoms with Gasteiger partial charge in [-0.05, 0) is 35.7 Å². The Balaban J connectivity index is 1.71. The van der Waals surface area contributed by atoms with Crippen LogP contribution in [0.1, 0.15) is 5.76 Å². The second kappa shape index (κ2) is 5.01. The van der Waals surface area contributed by atoms with E-state index in [9.17, 15) is 0 Å². The van der Waals surface area contributed by atoms with E-state index >= 15 is 0 Å². The van der Waals surface area contributed by atoms with Crippen molar-refractivity contribution >= 4 is 16.6 Å². The van der Waals surface area contributed by atoms with Gasteiger partial charge in [-0.1, -0.05) is 0 Å². The standard InChI is InChI=1S/C16H14N2O3/c1-2-12(19-5-1)10-18-16-13-9-15-14(20-6-7-21-15)8-11(13)3-4-17-16/h1-5,8-9H,6-7,10H2,(H,17,18). The van der Waals surface area contributed by atoms with E-state index in [1.807, 2.05) is 30.3 Å². The Morgan fingerprint density at radius 3 is 2.76 bits per heavy atom. The summed E-state index contributed by atoms with van der Waals surface area (Å²) in [5.41, 5.74) is 0. The maximum absolute atomic E-state index is 5.64. The summed E-state index contributed by atoms with van der Waals surface area (Å²) in [7, 11) is 0. The van der Waals surface area contributed by atoms with Crippen molar-refractivity contribution in [3.63, 3.8) is 0 Å². The minimum Gasteiger partial charge on any atom is -0.486 e. The van der Waals surface area contributed by atoms with E-state index in [4.69, 9.17) is 13.9 Å². The third-order valence-corrected chi connectivity index (χ3v) is 3.44. The summed E-state index contributed by atoms with van der Waals surface area (Å²) in [6.07, 6.45) is 3.44. The van der Waals surface area contributed by atoms with Gasteiger partial charge in [0, 0.05) is 11.6 Å². The molecule has 5 nitrogen and oxygen atoms in total. The van der Waals surface area contributed by atoms with E-state index in [0.29, 0.717) is 19.8 Å². The van der Waals surface area contributed by atoms with Crippen molar-refractivity contribution in [3.8, 4) is 11.5 Å². The average molecular weight is 282 g/mol. The zero-order chi connectivity index (χ0) is 14.1. The van der Waals surface area contributed by atoms with E-state index in [2.05, 4.69) is 10.3 Å². The molecule has 0 saturated heterocycles. The topological polar surface area (TPSA) is 56.5 Å². The van der Waals surface area contributed by atoms with Crippen LogP contribution in [0.3, 0.4) is 0 Å². The molecule has 0 bridgehead atoms. The minimum absolute atomic E-state index is 0.577. The van der Waals surface area contributed by atoms with Crippen molar-refractivity contribution in [2.45, 2.75) is 6.54 Å². The molecular weight excluding hydrogens is 268 g/mol. The molecule has 5 heteroatoms. The van der Waals surface area contributed by atoms with Gasteiger partial charge in [0.25, 0.3) is 0 Å². The third kappa shape index (κ3) is 2.27. The SMILES string of the molecule is c1coc(CNc2nccc3cc4c(cc23)OCCO4)c1. The highest BCUT2D eigenvalue weighted by molar-refractivity contribution is 5.94. The van der Waals surface area contributed by atoms with Gasteiger partial charge in [-0.2, -0.15) is 0 Å². The summed E-state index contributed by atoms with van der Waals surface area (Å²) < 4.78 is 16.6. The highest BCUT2D eigenvalue weighted by Crippen LogP contribution is 2.36. The summed E-state index contributed by atoms with van der Waals surface area (Å²) in [6, 6.07) is 9.72. The first-order valence-corrected chi connectivity index (χ1v) is 6.85. The maximum atomic E-state index is 5.64. The number of hydrogen-bond donors (Lipinski definition) is 1. The summed E-state index contributed by atoms with van der Waals surface area (Å²) >= 11 is 0. The van der Waals surface area contributed by atoms with E-state index in [0.717, 1.165) is 33.8 Å². The lowest BCUT2D eigenvalue weighted by Crippen LogP contribution is -2.15. The van der Waals surface area contributed by atoms with Crippen LogP contribution < -0.4 is 14.8 Å². The number of aromatic nitrogens is 1. The molecular formula is C16H14N2O3. The number of fused-ring (bicyclic) bond motifs is 2. The van der Waals surface area contributed by atoms with Gasteiger partial charge in [0.1, 0.15) is 24.8 Å². The van der Waals surface area contributed by atoms with E-state index in [1.54, 1.807) is 12.5 Å². The molecule has 3 heterocycles. The fourth-order valence-corrected chi connectivity index (χ4v) is 2.43. The quantitative estimate of drug-likeness (QED) is 0.799. The lowest BCUT2D eigenvalue weighted by Gasteiger charge is -2.19. The zero-order valence-electron chi connectivity index (χ0n) is 11.3. The molecule has 0 saturated carbocycles. The molecule has 4 rings (SSSR count). The number of ether oxygens (including phenoxy) is 2. The first kappa shape index (κ1) is 12.1. The third-order valence-electron chi connectivity index (χ3n) is 3.44. The minimum atomic E-state index is 0.577. The van der Waals surface area contributed by atoms with Crippen LogP contribution in [-0.4, -0.2) is 18.2 Å². The molecule has 0 atom stereocenters. The van der Waals surface area contributed by atoms with Crippen LogP contribution in [0.2, 0.25) is 0 Å². The molecule has 1 aliphatic rings. The predicted octanol–water partition coefficient (Wildman–Crippen LogP) is 3.21. The Kier molecular flexibility index (Phi) is 2.88. The van der Waals surface area contributed by atoms with E-state index in [1.165, 1.54) is 0 Å². The Hall–Kier alpha value is -2.69. The van der Waals surface area contributed by atoms with Gasteiger partial charge < -0.3 is 19.2 Å². The smallest absolute Gasteiger partial charge is 0.162 e. The number of nitrogens with zero attached hydrogens (tertiary/aromatic N) is 1. The lowest BCUT2D eigenvalue weighted by molar-refractivity contribution is 0.172. The van der Waals surface area contributed by atoms with Crippen molar-refractivity contribution < 1.29 is 13.9 Å². The van der Waals surface area contributed by atoms with Gasteiger partial charge in [0.15, 0.2) is 11.5 Å². The second-order valence-corrected chi connectivity index (χ2v) is 4.81. The van der Waals surface area contributed by atoms with Crippen LogP contribution >= 0.6 is 0 Å². The highest BCUT2D eigenvalue weighted by atomic mass is 16.6. The van der Waals surface area contributed by atoms with Gasteiger partial charge in [0.2, 0.25) is 0 Å². The van der Waals surface area contributed by atoms with Crippen molar-refractivity contribution in [2.75, 3.05) is 18.5 Å². The van der Waals surface area contributed by atoms with Crippen LogP contribution in [0.15, 0.2) is 47.2 Å². The molecule has 0 fully saturated rings. The van der Waals surface area contributed by atoms with Gasteiger partial charge in [-0.3, -0.25) is 0 Å². The number of benzene rings is 1. The molecule has 1 aliphatic heterocycles. The number of anilines is 1. The fourth-order valence-electron chi connectivity index (χ4n) is 2.43. The molecule has 0 aliphatic carbocycles. The largest absolute Gasteiger partial charge is 0.486 e. The molecule has 0 radical (unpaired) electrons. The second-order valence-electron chi connectivity index (χ2n) is 4.81. The monoisotopic (exact) mass is 282 g/mol. The van der Waals surface area contributed by atoms with E-state index < -0.39 is 0 Å². The number of rotatable bonds is 3. The molecule has 0 unspecified atom stereocenters. The first-order valence-electron chi connectivity index (χ1n) is 6.85. The lowest BCUT2D eigenvalue weighted by atomic mass is 10.1. The molecule has 0 amide bonds. The van der Waals surface area contributed by atoms with Crippen LogP contribution in [0.5, 0.6) is 11.5 Å². The number of hydrogen-bond acceptors (Lipinski definition) is 5. The molecule has 1 N–H and O–H groups in total. The van der Waals surface area contributed by atoms with Crippen molar-refractivity contribution in [2.24, 2.45) is 0 Å². The van der Waals surface area contributed by atoms with Crippen LogP contribution in [0.25, 0.3) is 10.8 Å². The van der Waals surface area contributed by atoms with Crippen LogP contribution in [-0.2, 0) is 6.54 Å². The summed E-state index contributed by atoms with van der Waals surface area (Å²) in [4.78, 5) is 4.41. The first-order chi connectivity index (χ1) is 10.4. The van der Waals surface area contributed by atoms with Gasteiger partial charge in [0.05, 0.1) is 12.8 Å².